The summed E-state index contributed by atoms with van der Waals surface area (Å²) >= 11 is 0. The molecule has 25 heavy (non-hydrogen) atoms. The molecule has 0 radical (unpaired) electrons. The summed E-state index contributed by atoms with van der Waals surface area (Å²) in [5.74, 6) is 0.467. The third kappa shape index (κ3) is 6.20. The molecule has 1 unspecified atom stereocenters. The second kappa shape index (κ2) is 10.4. The van der Waals surface area contributed by atoms with E-state index in [9.17, 15) is 10.2 Å². The largest absolute Gasteiger partial charge is 0.476 e. The predicted octanol–water partition coefficient (Wildman–Crippen LogP) is 0.970. The van der Waals surface area contributed by atoms with Gasteiger partial charge in [0.1, 0.15) is 0 Å². The van der Waals surface area contributed by atoms with Gasteiger partial charge in [-0.05, 0) is 25.7 Å². The summed E-state index contributed by atoms with van der Waals surface area (Å²) < 4.78 is 11.1. The van der Waals surface area contributed by atoms with Gasteiger partial charge in [-0.3, -0.25) is 4.98 Å². The van der Waals surface area contributed by atoms with Crippen LogP contribution >= 0.6 is 24.8 Å². The van der Waals surface area contributed by atoms with E-state index < -0.39 is 12.2 Å². The highest BCUT2D eigenvalue weighted by Crippen LogP contribution is 2.38. The number of aromatic nitrogens is 2. The molecule has 9 heteroatoms. The highest BCUT2D eigenvalue weighted by atomic mass is 35.5. The number of nitrogens with one attached hydrogen (secondary N) is 1. The van der Waals surface area contributed by atoms with Crippen LogP contribution in [-0.2, 0) is 4.74 Å². The predicted molar refractivity (Wildman–Crippen MR) is 97.5 cm³/mol. The van der Waals surface area contributed by atoms with Gasteiger partial charge in [-0.15, -0.1) is 24.8 Å². The monoisotopic (exact) mass is 395 g/mol. The van der Waals surface area contributed by atoms with E-state index in [1.165, 1.54) is 0 Å². The number of aliphatic hydroxyl groups is 2. The summed E-state index contributed by atoms with van der Waals surface area (Å²) in [6.07, 6.45) is 6.38. The normalized spacial score (nSPS) is 29.5. The van der Waals surface area contributed by atoms with Crippen molar-refractivity contribution in [2.75, 3.05) is 26.4 Å². The summed E-state index contributed by atoms with van der Waals surface area (Å²) in [4.78, 5) is 8.10. The Hall–Kier alpha value is -0.700. The van der Waals surface area contributed by atoms with Gasteiger partial charge in [0.2, 0.25) is 5.88 Å². The lowest BCUT2D eigenvalue weighted by Crippen LogP contribution is -2.44. The van der Waals surface area contributed by atoms with E-state index in [4.69, 9.17) is 9.47 Å². The molecule has 2 aliphatic rings. The second-order valence-electron chi connectivity index (χ2n) is 6.64. The first-order chi connectivity index (χ1) is 11.2. The Balaban J connectivity index is 0.00000156. The third-order valence-corrected chi connectivity index (χ3v) is 4.78. The van der Waals surface area contributed by atoms with Gasteiger partial charge in [0.05, 0.1) is 25.0 Å². The molecule has 3 atom stereocenters. The summed E-state index contributed by atoms with van der Waals surface area (Å²) in [5.41, 5.74) is -0.297. The maximum atomic E-state index is 9.99. The Morgan fingerprint density at radius 2 is 1.84 bits per heavy atom. The van der Waals surface area contributed by atoms with Crippen molar-refractivity contribution in [3.05, 3.63) is 18.6 Å². The van der Waals surface area contributed by atoms with E-state index in [2.05, 4.69) is 15.3 Å². The first kappa shape index (κ1) is 22.3. The Labute approximate surface area is 160 Å². The molecule has 1 saturated heterocycles. The highest BCUT2D eigenvalue weighted by Gasteiger charge is 2.45. The molecule has 1 aromatic rings. The van der Waals surface area contributed by atoms with Gasteiger partial charge in [0.15, 0.2) is 0 Å². The van der Waals surface area contributed by atoms with Gasteiger partial charge in [-0.1, -0.05) is 0 Å². The second-order valence-corrected chi connectivity index (χ2v) is 6.64. The van der Waals surface area contributed by atoms with Crippen LogP contribution in [0.5, 0.6) is 5.88 Å². The molecule has 2 heterocycles. The molecular formula is C16H27Cl2N3O4. The number of aliphatic hydroxyl groups excluding tert-OH is 2. The number of ether oxygens (including phenoxy) is 2. The molecule has 1 aliphatic carbocycles. The maximum Gasteiger partial charge on any atom is 0.232 e. The van der Waals surface area contributed by atoms with Gasteiger partial charge in [-0.25, -0.2) is 4.98 Å². The van der Waals surface area contributed by atoms with Crippen molar-refractivity contribution >= 4 is 24.8 Å². The Morgan fingerprint density at radius 1 is 1.16 bits per heavy atom. The Morgan fingerprint density at radius 3 is 2.44 bits per heavy atom. The highest BCUT2D eigenvalue weighted by molar-refractivity contribution is 5.85. The van der Waals surface area contributed by atoms with Crippen molar-refractivity contribution in [3.8, 4) is 5.88 Å². The molecule has 2 fully saturated rings. The first-order valence-electron chi connectivity index (χ1n) is 8.23. The van der Waals surface area contributed by atoms with E-state index >= 15 is 0 Å². The van der Waals surface area contributed by atoms with Gasteiger partial charge >= 0.3 is 0 Å². The van der Waals surface area contributed by atoms with Gasteiger partial charge in [0, 0.05) is 43.6 Å². The molecule has 3 rings (SSSR count). The lowest BCUT2D eigenvalue weighted by atomic mass is 9.86. The molecule has 1 aliphatic heterocycles. The number of halogens is 2. The maximum absolute atomic E-state index is 9.99. The Kier molecular flexibility index (Phi) is 9.34. The number of rotatable bonds is 6. The molecule has 3 N–H and O–H groups in total. The Bertz CT molecular complexity index is 482. The zero-order chi connectivity index (χ0) is 16.1. The minimum absolute atomic E-state index is 0. The molecule has 0 spiro atoms. The fourth-order valence-corrected chi connectivity index (χ4v) is 3.41. The summed E-state index contributed by atoms with van der Waals surface area (Å²) in [5, 5.41) is 23.5. The van der Waals surface area contributed by atoms with E-state index in [1.54, 1.807) is 18.6 Å². The molecule has 1 saturated carbocycles. The van der Waals surface area contributed by atoms with Crippen LogP contribution in [0.3, 0.4) is 0 Å². The topological polar surface area (TPSA) is 96.7 Å². The average molecular weight is 396 g/mol. The lowest BCUT2D eigenvalue weighted by molar-refractivity contribution is 0.0438. The SMILES string of the molecule is Cl.Cl.O[C@@H]1CC(CNC2CCOCC2)(COc2cnccn2)C[C@@H]1O. The van der Waals surface area contributed by atoms with Crippen LogP contribution in [0.25, 0.3) is 0 Å². The zero-order valence-electron chi connectivity index (χ0n) is 14.0. The zero-order valence-corrected chi connectivity index (χ0v) is 15.7. The average Bonchev–Trinajstić information content (AvgIpc) is 2.88. The van der Waals surface area contributed by atoms with Gasteiger partial charge in [-0.2, -0.15) is 0 Å². The summed E-state index contributed by atoms with van der Waals surface area (Å²) in [7, 11) is 0. The first-order valence-corrected chi connectivity index (χ1v) is 8.23. The fourth-order valence-electron chi connectivity index (χ4n) is 3.41. The smallest absolute Gasteiger partial charge is 0.232 e. The van der Waals surface area contributed by atoms with Crippen LogP contribution in [0.1, 0.15) is 25.7 Å². The number of hydrogen-bond donors (Lipinski definition) is 3. The van der Waals surface area contributed by atoms with Crippen molar-refractivity contribution in [1.29, 1.82) is 0 Å². The van der Waals surface area contributed by atoms with Crippen LogP contribution in [0.4, 0.5) is 0 Å². The number of nitrogens with zero attached hydrogens (tertiary/aromatic N) is 2. The van der Waals surface area contributed by atoms with Crippen LogP contribution < -0.4 is 10.1 Å². The quantitative estimate of drug-likeness (QED) is 0.659. The summed E-state index contributed by atoms with van der Waals surface area (Å²) in [6, 6.07) is 0.423. The van der Waals surface area contributed by atoms with E-state index in [-0.39, 0.29) is 30.2 Å². The van der Waals surface area contributed by atoms with Crippen LogP contribution in [0, 0.1) is 5.41 Å². The molecule has 7 nitrogen and oxygen atoms in total. The molecule has 0 bridgehead atoms. The minimum atomic E-state index is -0.697. The van der Waals surface area contributed by atoms with Crippen LogP contribution in [0.15, 0.2) is 18.6 Å². The molecule has 144 valence electrons. The third-order valence-electron chi connectivity index (χ3n) is 4.78. The van der Waals surface area contributed by atoms with E-state index in [0.29, 0.717) is 37.9 Å². The van der Waals surface area contributed by atoms with Crippen molar-refractivity contribution < 1.29 is 19.7 Å². The standard InChI is InChI=1S/C16H25N3O4.2ClH/c20-13-7-16(8-14(13)21,10-19-12-1-5-22-6-2-12)11-23-15-9-17-3-4-18-15;;/h3-4,9,12-14,19-21H,1-2,5-8,10-11H2;2*1H/t13-,14+,16?;;. The van der Waals surface area contributed by atoms with Crippen molar-refractivity contribution in [3.63, 3.8) is 0 Å². The lowest BCUT2D eigenvalue weighted by Gasteiger charge is -2.32. The van der Waals surface area contributed by atoms with E-state index in [1.807, 2.05) is 0 Å². The van der Waals surface area contributed by atoms with Crippen molar-refractivity contribution in [2.45, 2.75) is 43.9 Å². The minimum Gasteiger partial charge on any atom is -0.476 e. The van der Waals surface area contributed by atoms with Gasteiger partial charge in [0.25, 0.3) is 0 Å². The van der Waals surface area contributed by atoms with Crippen molar-refractivity contribution in [2.24, 2.45) is 5.41 Å². The molecular weight excluding hydrogens is 369 g/mol. The number of hydrogen-bond acceptors (Lipinski definition) is 7. The molecule has 1 aromatic heterocycles. The molecule has 0 aromatic carbocycles. The van der Waals surface area contributed by atoms with Crippen LogP contribution in [0.2, 0.25) is 0 Å². The molecule has 0 amide bonds. The fraction of sp³-hybridized carbons (Fsp3) is 0.750. The van der Waals surface area contributed by atoms with E-state index in [0.717, 1.165) is 26.1 Å². The van der Waals surface area contributed by atoms with Crippen molar-refractivity contribution in [1.82, 2.24) is 15.3 Å². The summed E-state index contributed by atoms with van der Waals surface area (Å²) in [6.45, 7) is 2.67. The van der Waals surface area contributed by atoms with Gasteiger partial charge < -0.3 is 25.0 Å². The van der Waals surface area contributed by atoms with Crippen LogP contribution in [-0.4, -0.2) is 64.8 Å².